The second kappa shape index (κ2) is 8.78. The Labute approximate surface area is 174 Å². The number of piperidine rings is 1. The first-order valence-corrected chi connectivity index (χ1v) is 11.0. The normalized spacial score (nSPS) is 18.9. The van der Waals surface area contributed by atoms with Crippen molar-refractivity contribution in [2.75, 3.05) is 25.0 Å². The van der Waals surface area contributed by atoms with Crippen LogP contribution in [0.1, 0.15) is 45.7 Å². The fraction of sp³-hybridized carbons (Fsp3) is 0.409. The molecule has 0 spiro atoms. The van der Waals surface area contributed by atoms with Crippen molar-refractivity contribution in [1.29, 1.82) is 0 Å². The molecule has 1 saturated carbocycles. The van der Waals surface area contributed by atoms with Crippen LogP contribution in [0.15, 0.2) is 41.8 Å². The number of hydrogen-bond donors (Lipinski definition) is 2. The van der Waals surface area contributed by atoms with E-state index in [1.165, 1.54) is 24.2 Å². The van der Waals surface area contributed by atoms with Gasteiger partial charge < -0.3 is 15.5 Å². The molecule has 1 aliphatic heterocycles. The van der Waals surface area contributed by atoms with E-state index in [0.29, 0.717) is 35.1 Å². The number of amides is 3. The zero-order chi connectivity index (χ0) is 20.2. The molecule has 7 heteroatoms. The minimum Gasteiger partial charge on any atom is -0.356 e. The maximum absolute atomic E-state index is 13.0. The summed E-state index contributed by atoms with van der Waals surface area (Å²) in [6.07, 6.45) is 4.04. The van der Waals surface area contributed by atoms with E-state index in [1.54, 1.807) is 35.2 Å². The first kappa shape index (κ1) is 19.6. The van der Waals surface area contributed by atoms with Crippen molar-refractivity contribution >= 4 is 34.7 Å². The minimum atomic E-state index is -0.185. The van der Waals surface area contributed by atoms with Crippen LogP contribution in [0.3, 0.4) is 0 Å². The molecule has 2 aromatic rings. The number of nitrogens with zero attached hydrogens (tertiary/aromatic N) is 1. The van der Waals surface area contributed by atoms with E-state index in [0.717, 1.165) is 19.4 Å². The molecule has 2 aliphatic rings. The number of benzene rings is 1. The quantitative estimate of drug-likeness (QED) is 0.765. The smallest absolute Gasteiger partial charge is 0.265 e. The van der Waals surface area contributed by atoms with Gasteiger partial charge in [-0.1, -0.05) is 12.1 Å². The second-order valence-corrected chi connectivity index (χ2v) is 8.74. The van der Waals surface area contributed by atoms with Crippen LogP contribution in [0, 0.1) is 11.8 Å². The summed E-state index contributed by atoms with van der Waals surface area (Å²) in [5.41, 5.74) is 1.11. The molecule has 3 amide bonds. The van der Waals surface area contributed by atoms with E-state index in [-0.39, 0.29) is 23.6 Å². The summed E-state index contributed by atoms with van der Waals surface area (Å²) in [6, 6.07) is 10.6. The van der Waals surface area contributed by atoms with Crippen LogP contribution in [0.4, 0.5) is 5.69 Å². The number of carbonyl (C=O) groups excluding carboxylic acids is 3. The molecule has 1 atom stereocenters. The highest BCUT2D eigenvalue weighted by molar-refractivity contribution is 7.12. The monoisotopic (exact) mass is 411 g/mol. The Bertz CT molecular complexity index is 892. The molecule has 1 unspecified atom stereocenters. The number of carbonyl (C=O) groups is 3. The molecule has 1 aromatic heterocycles. The summed E-state index contributed by atoms with van der Waals surface area (Å²) in [4.78, 5) is 40.0. The topological polar surface area (TPSA) is 78.5 Å². The molecule has 6 nitrogen and oxygen atoms in total. The highest BCUT2D eigenvalue weighted by Crippen LogP contribution is 2.28. The maximum Gasteiger partial charge on any atom is 0.265 e. The van der Waals surface area contributed by atoms with Gasteiger partial charge in [-0.15, -0.1) is 11.3 Å². The average molecular weight is 412 g/mol. The first-order valence-electron chi connectivity index (χ1n) is 10.1. The Hall–Kier alpha value is -2.67. The lowest BCUT2D eigenvalue weighted by atomic mass is 9.96. The van der Waals surface area contributed by atoms with Gasteiger partial charge in [-0.25, -0.2) is 0 Å². The molecule has 1 saturated heterocycles. The van der Waals surface area contributed by atoms with Crippen molar-refractivity contribution in [2.24, 2.45) is 11.8 Å². The average Bonchev–Trinajstić information content (AvgIpc) is 3.41. The summed E-state index contributed by atoms with van der Waals surface area (Å²) in [5.74, 6) is 0.277. The van der Waals surface area contributed by atoms with Crippen LogP contribution in [-0.2, 0) is 4.79 Å². The van der Waals surface area contributed by atoms with Crippen molar-refractivity contribution in [2.45, 2.75) is 25.7 Å². The fourth-order valence-corrected chi connectivity index (χ4v) is 4.22. The van der Waals surface area contributed by atoms with Crippen molar-refractivity contribution in [1.82, 2.24) is 10.2 Å². The predicted molar refractivity (Wildman–Crippen MR) is 113 cm³/mol. The van der Waals surface area contributed by atoms with Gasteiger partial charge in [0.2, 0.25) is 5.91 Å². The largest absolute Gasteiger partial charge is 0.356 e. The fourth-order valence-electron chi connectivity index (χ4n) is 3.60. The molecule has 2 fully saturated rings. The lowest BCUT2D eigenvalue weighted by Crippen LogP contribution is -2.45. The Kier molecular flexibility index (Phi) is 5.94. The second-order valence-electron chi connectivity index (χ2n) is 7.79. The number of nitrogens with one attached hydrogen (secondary N) is 2. The summed E-state index contributed by atoms with van der Waals surface area (Å²) in [7, 11) is 0. The third-order valence-electron chi connectivity index (χ3n) is 5.45. The molecule has 0 radical (unpaired) electrons. The zero-order valence-electron chi connectivity index (χ0n) is 16.2. The van der Waals surface area contributed by atoms with Gasteiger partial charge in [-0.05, 0) is 61.2 Å². The lowest BCUT2D eigenvalue weighted by molar-refractivity contribution is -0.126. The van der Waals surface area contributed by atoms with Gasteiger partial charge in [0.15, 0.2) is 0 Å². The van der Waals surface area contributed by atoms with E-state index in [1.807, 2.05) is 11.4 Å². The number of rotatable bonds is 6. The molecular weight excluding hydrogens is 386 g/mol. The van der Waals surface area contributed by atoms with E-state index >= 15 is 0 Å². The van der Waals surface area contributed by atoms with Gasteiger partial charge in [-0.2, -0.15) is 0 Å². The predicted octanol–water partition coefficient (Wildman–Crippen LogP) is 3.38. The van der Waals surface area contributed by atoms with Crippen LogP contribution in [-0.4, -0.2) is 42.3 Å². The van der Waals surface area contributed by atoms with E-state index in [2.05, 4.69) is 10.6 Å². The van der Waals surface area contributed by atoms with Crippen LogP contribution in [0.2, 0.25) is 0 Å². The van der Waals surface area contributed by atoms with Crippen molar-refractivity contribution in [3.8, 4) is 0 Å². The van der Waals surface area contributed by atoms with Gasteiger partial charge >= 0.3 is 0 Å². The van der Waals surface area contributed by atoms with Gasteiger partial charge in [0.25, 0.3) is 11.8 Å². The molecule has 152 valence electrons. The van der Waals surface area contributed by atoms with Crippen molar-refractivity contribution in [3.63, 3.8) is 0 Å². The molecule has 0 bridgehead atoms. The first-order chi connectivity index (χ1) is 14.1. The van der Waals surface area contributed by atoms with Crippen molar-refractivity contribution < 1.29 is 14.4 Å². The number of hydrogen-bond acceptors (Lipinski definition) is 4. The van der Waals surface area contributed by atoms with Gasteiger partial charge in [0, 0.05) is 30.9 Å². The number of likely N-dealkylation sites (tertiary alicyclic amines) is 1. The van der Waals surface area contributed by atoms with Crippen LogP contribution in [0.5, 0.6) is 0 Å². The maximum atomic E-state index is 13.0. The van der Waals surface area contributed by atoms with E-state index in [9.17, 15) is 14.4 Å². The van der Waals surface area contributed by atoms with Crippen molar-refractivity contribution in [3.05, 3.63) is 52.2 Å². The Morgan fingerprint density at radius 1 is 1.10 bits per heavy atom. The third kappa shape index (κ3) is 5.03. The van der Waals surface area contributed by atoms with Gasteiger partial charge in [0.1, 0.15) is 0 Å². The SMILES string of the molecule is O=C(Nc1cccc(C(=O)N2CCCC(C(=O)NCC3CC3)C2)c1)c1cccs1. The number of anilines is 1. The van der Waals surface area contributed by atoms with Gasteiger partial charge in [-0.3, -0.25) is 14.4 Å². The molecule has 1 aliphatic carbocycles. The van der Waals surface area contributed by atoms with E-state index < -0.39 is 0 Å². The summed E-state index contributed by atoms with van der Waals surface area (Å²) in [5, 5.41) is 7.72. The molecule has 1 aromatic carbocycles. The lowest BCUT2D eigenvalue weighted by Gasteiger charge is -2.32. The summed E-state index contributed by atoms with van der Waals surface area (Å²) < 4.78 is 0. The van der Waals surface area contributed by atoms with Crippen LogP contribution >= 0.6 is 11.3 Å². The molecule has 4 rings (SSSR count). The van der Waals surface area contributed by atoms with Gasteiger partial charge in [0.05, 0.1) is 10.8 Å². The van der Waals surface area contributed by atoms with Crippen LogP contribution in [0.25, 0.3) is 0 Å². The summed E-state index contributed by atoms with van der Waals surface area (Å²) >= 11 is 1.37. The Morgan fingerprint density at radius 2 is 1.97 bits per heavy atom. The molecular formula is C22H25N3O3S. The molecule has 2 heterocycles. The zero-order valence-corrected chi connectivity index (χ0v) is 17.0. The van der Waals surface area contributed by atoms with Crippen LogP contribution < -0.4 is 10.6 Å². The van der Waals surface area contributed by atoms with E-state index in [4.69, 9.17) is 0 Å². The number of thiophene rings is 1. The standard InChI is InChI=1S/C22H25N3O3S/c26-20(23-13-15-8-9-15)17-5-2-10-25(14-17)22(28)16-4-1-6-18(12-16)24-21(27)19-7-3-11-29-19/h1,3-4,6-7,11-12,15,17H,2,5,8-10,13-14H2,(H,23,26)(H,24,27). The highest BCUT2D eigenvalue weighted by Gasteiger charge is 2.30. The Balaban J connectivity index is 1.38. The minimum absolute atomic E-state index is 0.0614. The highest BCUT2D eigenvalue weighted by atomic mass is 32.1. The molecule has 2 N–H and O–H groups in total. The third-order valence-corrected chi connectivity index (χ3v) is 6.32. The molecule has 29 heavy (non-hydrogen) atoms. The Morgan fingerprint density at radius 3 is 2.72 bits per heavy atom. The summed E-state index contributed by atoms with van der Waals surface area (Å²) in [6.45, 7) is 1.85.